The van der Waals surface area contributed by atoms with Crippen LogP contribution < -0.4 is 0 Å². The van der Waals surface area contributed by atoms with Crippen LogP contribution in [0.15, 0.2) is 60.8 Å². The van der Waals surface area contributed by atoms with Gasteiger partial charge >= 0.3 is 13.8 Å². The molecular weight excluding hydrogens is 734 g/mol. The molecule has 0 aliphatic heterocycles. The number of carbonyl (C=O) groups excluding carboxylic acids is 1. The van der Waals surface area contributed by atoms with Crippen LogP contribution in [0.1, 0.15) is 181 Å². The van der Waals surface area contributed by atoms with Gasteiger partial charge in [-0.3, -0.25) is 13.8 Å². The van der Waals surface area contributed by atoms with Crippen LogP contribution in [-0.2, 0) is 27.9 Å². The summed E-state index contributed by atoms with van der Waals surface area (Å²) in [7, 11) is 1.65. The van der Waals surface area contributed by atoms with Gasteiger partial charge in [0, 0.05) is 13.0 Å². The van der Waals surface area contributed by atoms with Crippen molar-refractivity contribution in [2.24, 2.45) is 0 Å². The number of ether oxygens (including phenoxy) is 2. The second kappa shape index (κ2) is 41.0. The van der Waals surface area contributed by atoms with Crippen molar-refractivity contribution in [2.45, 2.75) is 187 Å². The van der Waals surface area contributed by atoms with Gasteiger partial charge < -0.3 is 18.9 Å². The maximum Gasteiger partial charge on any atom is 0.472 e. The van der Waals surface area contributed by atoms with Gasteiger partial charge in [-0.15, -0.1) is 0 Å². The first-order valence-electron chi connectivity index (χ1n) is 23.0. The SMILES string of the molecule is CC/C=C\C/C=C\C/C=C\C/C=C\C/C=C\CCCCCCCC(=O)OC(COCCCCCCCCCCCCCCCC)COP(=O)(O)OCC[N+](C)(C)C. The van der Waals surface area contributed by atoms with Gasteiger partial charge in [0.15, 0.2) is 0 Å². The molecule has 0 heterocycles. The van der Waals surface area contributed by atoms with Gasteiger partial charge in [0.25, 0.3) is 0 Å². The summed E-state index contributed by atoms with van der Waals surface area (Å²) >= 11 is 0. The third kappa shape index (κ3) is 45.1. The van der Waals surface area contributed by atoms with Crippen LogP contribution in [0.2, 0.25) is 0 Å². The van der Waals surface area contributed by atoms with E-state index in [4.69, 9.17) is 18.5 Å². The first-order chi connectivity index (χ1) is 27.6. The predicted molar refractivity (Wildman–Crippen MR) is 242 cm³/mol. The van der Waals surface area contributed by atoms with Crippen molar-refractivity contribution >= 4 is 13.8 Å². The van der Waals surface area contributed by atoms with Crippen molar-refractivity contribution in [1.29, 1.82) is 0 Å². The van der Waals surface area contributed by atoms with Crippen LogP contribution in [0.25, 0.3) is 0 Å². The number of phosphoric ester groups is 1. The molecule has 0 saturated heterocycles. The van der Waals surface area contributed by atoms with Crippen LogP contribution in [0.3, 0.4) is 0 Å². The Labute approximate surface area is 351 Å². The summed E-state index contributed by atoms with van der Waals surface area (Å²) in [6.07, 6.45) is 51.1. The van der Waals surface area contributed by atoms with E-state index < -0.39 is 13.9 Å². The highest BCUT2D eigenvalue weighted by molar-refractivity contribution is 7.47. The van der Waals surface area contributed by atoms with Gasteiger partial charge in [0.05, 0.1) is 34.4 Å². The number of hydrogen-bond donors (Lipinski definition) is 1. The summed E-state index contributed by atoms with van der Waals surface area (Å²) in [4.78, 5) is 22.9. The normalized spacial score (nSPS) is 14.3. The number of rotatable bonds is 42. The van der Waals surface area contributed by atoms with Crippen molar-refractivity contribution in [3.05, 3.63) is 60.8 Å². The van der Waals surface area contributed by atoms with E-state index in [2.05, 4.69) is 74.6 Å². The van der Waals surface area contributed by atoms with E-state index in [0.29, 0.717) is 24.1 Å². The Morgan fingerprint density at radius 2 is 1.02 bits per heavy atom. The number of nitrogens with zero attached hydrogens (tertiary/aromatic N) is 1. The fraction of sp³-hybridized carbons (Fsp3) is 0.771. The highest BCUT2D eigenvalue weighted by Gasteiger charge is 2.26. The number of quaternary nitrogens is 1. The van der Waals surface area contributed by atoms with Crippen molar-refractivity contribution in [2.75, 3.05) is 54.1 Å². The highest BCUT2D eigenvalue weighted by Crippen LogP contribution is 2.43. The van der Waals surface area contributed by atoms with Crippen LogP contribution in [-0.4, -0.2) is 75.6 Å². The van der Waals surface area contributed by atoms with Gasteiger partial charge in [-0.05, 0) is 57.8 Å². The van der Waals surface area contributed by atoms with Crippen molar-refractivity contribution < 1.29 is 37.3 Å². The van der Waals surface area contributed by atoms with Gasteiger partial charge in [0.1, 0.15) is 19.3 Å². The molecule has 2 unspecified atom stereocenters. The summed E-state index contributed by atoms with van der Waals surface area (Å²) < 4.78 is 35.0. The van der Waals surface area contributed by atoms with E-state index in [-0.39, 0.29) is 25.8 Å². The summed E-state index contributed by atoms with van der Waals surface area (Å²) in [6.45, 7) is 5.49. The van der Waals surface area contributed by atoms with E-state index in [1.165, 1.54) is 77.0 Å². The minimum absolute atomic E-state index is 0.0830. The molecule has 332 valence electrons. The predicted octanol–water partition coefficient (Wildman–Crippen LogP) is 13.7. The third-order valence-corrected chi connectivity index (χ3v) is 10.6. The van der Waals surface area contributed by atoms with E-state index in [9.17, 15) is 14.3 Å². The Kier molecular flexibility index (Phi) is 39.7. The summed E-state index contributed by atoms with van der Waals surface area (Å²) in [5.74, 6) is -0.332. The molecule has 9 heteroatoms. The molecule has 1 N–H and O–H groups in total. The topological polar surface area (TPSA) is 91.3 Å². The first kappa shape index (κ1) is 55.2. The average Bonchev–Trinajstić information content (AvgIpc) is 3.16. The Morgan fingerprint density at radius 3 is 1.53 bits per heavy atom. The van der Waals surface area contributed by atoms with E-state index in [1.54, 1.807) is 0 Å². The molecule has 0 aliphatic rings. The van der Waals surface area contributed by atoms with Crippen LogP contribution in [0.5, 0.6) is 0 Å². The molecule has 0 aliphatic carbocycles. The lowest BCUT2D eigenvalue weighted by molar-refractivity contribution is -0.870. The molecule has 0 fully saturated rings. The molecule has 0 radical (unpaired) electrons. The van der Waals surface area contributed by atoms with E-state index in [1.807, 2.05) is 21.1 Å². The molecule has 0 aromatic carbocycles. The number of esters is 1. The molecule has 8 nitrogen and oxygen atoms in total. The Balaban J connectivity index is 4.25. The van der Waals surface area contributed by atoms with Crippen LogP contribution in [0.4, 0.5) is 0 Å². The monoisotopic (exact) mass is 823 g/mol. The maximum absolute atomic E-state index is 12.7. The molecule has 0 rings (SSSR count). The number of likely N-dealkylation sites (N-methyl/N-ethyl adjacent to an activating group) is 1. The lowest BCUT2D eigenvalue weighted by Crippen LogP contribution is -2.37. The lowest BCUT2D eigenvalue weighted by Gasteiger charge is -2.24. The van der Waals surface area contributed by atoms with Crippen molar-refractivity contribution in [3.8, 4) is 0 Å². The fourth-order valence-electron chi connectivity index (χ4n) is 6.05. The largest absolute Gasteiger partial charge is 0.472 e. The number of carbonyl (C=O) groups is 1. The third-order valence-electron chi connectivity index (χ3n) is 9.59. The quantitative estimate of drug-likeness (QED) is 0.0215. The van der Waals surface area contributed by atoms with Gasteiger partial charge in [-0.25, -0.2) is 4.57 Å². The maximum atomic E-state index is 12.7. The molecule has 0 amide bonds. The summed E-state index contributed by atoms with van der Waals surface area (Å²) in [6, 6.07) is 0. The zero-order valence-corrected chi connectivity index (χ0v) is 38.5. The molecule has 0 spiro atoms. The molecule has 0 bridgehead atoms. The van der Waals surface area contributed by atoms with E-state index in [0.717, 1.165) is 83.5 Å². The lowest BCUT2D eigenvalue weighted by atomic mass is 10.0. The molecule has 0 saturated carbocycles. The molecule has 0 aromatic rings. The molecule has 57 heavy (non-hydrogen) atoms. The Bertz CT molecular complexity index is 1090. The first-order valence-corrected chi connectivity index (χ1v) is 24.5. The van der Waals surface area contributed by atoms with Crippen LogP contribution >= 0.6 is 7.82 Å². The Hall–Kier alpha value is -1.80. The number of unbranched alkanes of at least 4 members (excludes halogenated alkanes) is 18. The van der Waals surface area contributed by atoms with Crippen LogP contribution in [0, 0.1) is 0 Å². The second-order valence-electron chi connectivity index (χ2n) is 16.4. The van der Waals surface area contributed by atoms with Crippen molar-refractivity contribution in [1.82, 2.24) is 0 Å². The molecule has 0 aromatic heterocycles. The average molecular weight is 823 g/mol. The summed E-state index contributed by atoms with van der Waals surface area (Å²) in [5.41, 5.74) is 0. The van der Waals surface area contributed by atoms with Gasteiger partial charge in [-0.2, -0.15) is 0 Å². The smallest absolute Gasteiger partial charge is 0.457 e. The highest BCUT2D eigenvalue weighted by atomic mass is 31.2. The minimum Gasteiger partial charge on any atom is -0.457 e. The minimum atomic E-state index is -4.28. The zero-order valence-electron chi connectivity index (χ0n) is 37.6. The standard InChI is InChI=1S/C48H88NO7P/c1-6-8-10-12-14-16-18-20-22-23-24-25-26-27-28-29-31-33-35-37-39-41-48(50)56-47(46-55-57(51,52)54-44-42-49(3,4)5)45-53-43-40-38-36-34-32-30-21-19-17-15-13-11-9-7-2/h8,10,14,16,20,22,24-25,27-28,47H,6-7,9,11-13,15,17-19,21,23,26,29-46H2,1-5H3/p+1/b10-8-,16-14-,22-20-,25-24-,28-27-. The number of hydrogen-bond acceptors (Lipinski definition) is 6. The molecule has 2 atom stereocenters. The summed E-state index contributed by atoms with van der Waals surface area (Å²) in [5, 5.41) is 0. The zero-order chi connectivity index (χ0) is 42.0. The Morgan fingerprint density at radius 1 is 0.561 bits per heavy atom. The van der Waals surface area contributed by atoms with Gasteiger partial charge in [-0.1, -0.05) is 177 Å². The van der Waals surface area contributed by atoms with E-state index >= 15 is 0 Å². The fourth-order valence-corrected chi connectivity index (χ4v) is 6.79. The van der Waals surface area contributed by atoms with Gasteiger partial charge in [0.2, 0.25) is 0 Å². The number of allylic oxidation sites excluding steroid dienone is 10. The van der Waals surface area contributed by atoms with Crippen molar-refractivity contribution in [3.63, 3.8) is 0 Å². The second-order valence-corrected chi connectivity index (χ2v) is 17.9. The molecular formula is C48H89NO7P+. The number of phosphoric acid groups is 1.